The minimum Gasteiger partial charge on any atom is -0.381 e. The molecule has 27 heavy (non-hydrogen) atoms. The molecule has 0 bridgehead atoms. The van der Waals surface area contributed by atoms with Gasteiger partial charge in [0.15, 0.2) is 5.96 Å². The van der Waals surface area contributed by atoms with Crippen molar-refractivity contribution < 1.29 is 14.2 Å². The molecule has 3 heterocycles. The van der Waals surface area contributed by atoms with Gasteiger partial charge >= 0.3 is 0 Å². The molecule has 0 amide bonds. The smallest absolute Gasteiger partial charge is 0.193 e. The molecule has 0 spiro atoms. The number of aliphatic imine (C=N–C) groups is 1. The Balaban J connectivity index is 0.00000261. The van der Waals surface area contributed by atoms with Crippen LogP contribution in [0, 0.1) is 5.92 Å². The number of guanidine groups is 1. The number of morpholine rings is 1. The molecule has 1 aromatic heterocycles. The van der Waals surface area contributed by atoms with E-state index in [2.05, 4.69) is 20.3 Å². The van der Waals surface area contributed by atoms with Crippen LogP contribution < -0.4 is 5.32 Å². The molecule has 2 fully saturated rings. The highest BCUT2D eigenvalue weighted by Gasteiger charge is 2.25. The lowest BCUT2D eigenvalue weighted by Gasteiger charge is -2.34. The van der Waals surface area contributed by atoms with Crippen molar-refractivity contribution in [2.45, 2.75) is 18.9 Å². The van der Waals surface area contributed by atoms with E-state index in [0.29, 0.717) is 12.5 Å². The van der Waals surface area contributed by atoms with Crippen LogP contribution in [0.1, 0.15) is 24.5 Å². The van der Waals surface area contributed by atoms with Crippen molar-refractivity contribution in [1.82, 2.24) is 20.0 Å². The number of nitrogens with one attached hydrogen (secondary N) is 1. The van der Waals surface area contributed by atoms with Crippen molar-refractivity contribution >= 4 is 29.9 Å². The Hall–Kier alpha value is -0.910. The second-order valence-corrected chi connectivity index (χ2v) is 6.88. The third-order valence-corrected chi connectivity index (χ3v) is 4.80. The van der Waals surface area contributed by atoms with Gasteiger partial charge in [0, 0.05) is 58.1 Å². The average Bonchev–Trinajstić information content (AvgIpc) is 3.33. The van der Waals surface area contributed by atoms with Gasteiger partial charge in [-0.05, 0) is 12.8 Å². The third-order valence-electron chi connectivity index (χ3n) is 4.80. The quantitative estimate of drug-likeness (QED) is 0.268. The van der Waals surface area contributed by atoms with Crippen LogP contribution in [0.3, 0.4) is 0 Å². The van der Waals surface area contributed by atoms with Crippen LogP contribution in [0.25, 0.3) is 0 Å². The molecule has 2 unspecified atom stereocenters. The number of halogens is 1. The Labute approximate surface area is 178 Å². The Bertz CT molecular complexity index is 577. The molecule has 0 radical (unpaired) electrons. The Morgan fingerprint density at radius 1 is 1.44 bits per heavy atom. The summed E-state index contributed by atoms with van der Waals surface area (Å²) in [5.41, 5.74) is 1.11. The first kappa shape index (κ1) is 22.4. The molecule has 8 nitrogen and oxygen atoms in total. The van der Waals surface area contributed by atoms with Crippen molar-refractivity contribution in [2.24, 2.45) is 18.0 Å². The van der Waals surface area contributed by atoms with E-state index in [4.69, 9.17) is 14.2 Å². The van der Waals surface area contributed by atoms with E-state index in [9.17, 15) is 0 Å². The molecule has 2 aliphatic heterocycles. The van der Waals surface area contributed by atoms with Gasteiger partial charge in [0.25, 0.3) is 0 Å². The lowest BCUT2D eigenvalue weighted by Crippen LogP contribution is -2.48. The molecule has 3 rings (SSSR count). The zero-order chi connectivity index (χ0) is 18.2. The van der Waals surface area contributed by atoms with Gasteiger partial charge in [-0.3, -0.25) is 9.67 Å². The first-order chi connectivity index (χ1) is 12.8. The maximum atomic E-state index is 5.90. The second kappa shape index (κ2) is 11.8. The van der Waals surface area contributed by atoms with Crippen molar-refractivity contribution in [3.05, 3.63) is 18.0 Å². The fourth-order valence-electron chi connectivity index (χ4n) is 3.32. The third kappa shape index (κ3) is 6.88. The van der Waals surface area contributed by atoms with Crippen LogP contribution in [-0.2, 0) is 21.3 Å². The highest BCUT2D eigenvalue weighted by molar-refractivity contribution is 14.0. The predicted molar refractivity (Wildman–Crippen MR) is 115 cm³/mol. The predicted octanol–water partition coefficient (Wildman–Crippen LogP) is 1.43. The van der Waals surface area contributed by atoms with E-state index < -0.39 is 0 Å². The van der Waals surface area contributed by atoms with Crippen LogP contribution in [0.2, 0.25) is 0 Å². The minimum atomic E-state index is 0. The maximum Gasteiger partial charge on any atom is 0.193 e. The molecule has 1 N–H and O–H groups in total. The molecule has 1 aromatic rings. The number of hydrogen-bond acceptors (Lipinski definition) is 5. The van der Waals surface area contributed by atoms with Crippen LogP contribution in [-0.4, -0.2) is 80.4 Å². The molecular formula is C18H32IN5O3. The van der Waals surface area contributed by atoms with Crippen LogP contribution in [0.15, 0.2) is 17.4 Å². The Kier molecular flexibility index (Phi) is 9.80. The van der Waals surface area contributed by atoms with E-state index in [1.807, 2.05) is 31.2 Å². The number of ether oxygens (including phenoxy) is 3. The van der Waals surface area contributed by atoms with Gasteiger partial charge in [-0.2, -0.15) is 5.10 Å². The van der Waals surface area contributed by atoms with E-state index in [-0.39, 0.29) is 30.1 Å². The summed E-state index contributed by atoms with van der Waals surface area (Å²) in [5, 5.41) is 7.68. The number of aromatic nitrogens is 2. The Morgan fingerprint density at radius 3 is 3.04 bits per heavy atom. The fraction of sp³-hybridized carbons (Fsp3) is 0.778. The van der Waals surface area contributed by atoms with Gasteiger partial charge in [-0.1, -0.05) is 0 Å². The average molecular weight is 493 g/mol. The molecule has 2 saturated heterocycles. The lowest BCUT2D eigenvalue weighted by atomic mass is 10.1. The van der Waals surface area contributed by atoms with Gasteiger partial charge in [-0.15, -0.1) is 24.0 Å². The van der Waals surface area contributed by atoms with Crippen molar-refractivity contribution in [1.29, 1.82) is 0 Å². The number of aryl methyl sites for hydroxylation is 1. The van der Waals surface area contributed by atoms with Gasteiger partial charge in [0.1, 0.15) is 6.10 Å². The molecule has 2 atom stereocenters. The molecule has 0 aromatic carbocycles. The monoisotopic (exact) mass is 493 g/mol. The summed E-state index contributed by atoms with van der Waals surface area (Å²) in [6.45, 7) is 6.46. The van der Waals surface area contributed by atoms with Crippen molar-refractivity contribution in [3.63, 3.8) is 0 Å². The van der Waals surface area contributed by atoms with Crippen molar-refractivity contribution in [3.8, 4) is 0 Å². The normalized spacial score (nSPS) is 23.3. The number of rotatable bonds is 7. The zero-order valence-corrected chi connectivity index (χ0v) is 18.6. The van der Waals surface area contributed by atoms with E-state index in [1.54, 1.807) is 0 Å². The minimum absolute atomic E-state index is 0. The van der Waals surface area contributed by atoms with Gasteiger partial charge in [0.2, 0.25) is 0 Å². The highest BCUT2D eigenvalue weighted by atomic mass is 127. The molecule has 2 aliphatic rings. The van der Waals surface area contributed by atoms with Crippen LogP contribution in [0.5, 0.6) is 0 Å². The summed E-state index contributed by atoms with van der Waals surface area (Å²) >= 11 is 0. The van der Waals surface area contributed by atoms with Gasteiger partial charge in [-0.25, -0.2) is 0 Å². The number of nitrogens with zero attached hydrogens (tertiary/aromatic N) is 4. The summed E-state index contributed by atoms with van der Waals surface area (Å²) in [4.78, 5) is 6.67. The lowest BCUT2D eigenvalue weighted by molar-refractivity contribution is -0.00806. The van der Waals surface area contributed by atoms with E-state index in [1.165, 1.54) is 0 Å². The molecule has 9 heteroatoms. The van der Waals surface area contributed by atoms with E-state index >= 15 is 0 Å². The summed E-state index contributed by atoms with van der Waals surface area (Å²) in [6.07, 6.45) is 6.00. The first-order valence-electron chi connectivity index (χ1n) is 9.47. The largest absolute Gasteiger partial charge is 0.381 e. The number of hydrogen-bond donors (Lipinski definition) is 1. The first-order valence-corrected chi connectivity index (χ1v) is 9.47. The highest BCUT2D eigenvalue weighted by Crippen LogP contribution is 2.21. The summed E-state index contributed by atoms with van der Waals surface area (Å²) in [7, 11) is 3.75. The SMILES string of the molecule is CN=C(NCCCOCC1CCOC1)N1CCOC(c2cnn(C)c2)C1.I. The molecule has 0 saturated carbocycles. The maximum absolute atomic E-state index is 5.90. The zero-order valence-electron chi connectivity index (χ0n) is 16.3. The second-order valence-electron chi connectivity index (χ2n) is 6.88. The molecule has 0 aliphatic carbocycles. The molecular weight excluding hydrogens is 461 g/mol. The van der Waals surface area contributed by atoms with Crippen molar-refractivity contribution in [2.75, 3.05) is 59.7 Å². The topological polar surface area (TPSA) is 73.1 Å². The van der Waals surface area contributed by atoms with Crippen LogP contribution >= 0.6 is 24.0 Å². The Morgan fingerprint density at radius 2 is 2.33 bits per heavy atom. The van der Waals surface area contributed by atoms with E-state index in [0.717, 1.165) is 70.4 Å². The molecule has 154 valence electrons. The summed E-state index contributed by atoms with van der Waals surface area (Å²) < 4.78 is 18.8. The summed E-state index contributed by atoms with van der Waals surface area (Å²) in [6, 6.07) is 0. The summed E-state index contributed by atoms with van der Waals surface area (Å²) in [5.74, 6) is 1.50. The fourth-order valence-corrected chi connectivity index (χ4v) is 3.32. The van der Waals surface area contributed by atoms with Gasteiger partial charge in [0.05, 0.1) is 32.6 Å². The van der Waals surface area contributed by atoms with Gasteiger partial charge < -0.3 is 24.4 Å². The standard InChI is InChI=1S/C18H31N5O3.HI/c1-19-18(20-5-3-7-24-13-15-4-8-25-14-15)23-6-9-26-17(12-23)16-10-21-22(2)11-16;/h10-11,15,17H,3-9,12-14H2,1-2H3,(H,19,20);1H. The van der Waals surface area contributed by atoms with Crippen LogP contribution in [0.4, 0.5) is 0 Å².